The Morgan fingerprint density at radius 1 is 1.20 bits per heavy atom. The average molecular weight is 445 g/mol. The first-order valence-corrected chi connectivity index (χ1v) is 11.1. The lowest BCUT2D eigenvalue weighted by Crippen LogP contribution is -2.48. The zero-order chi connectivity index (χ0) is 22.9. The lowest BCUT2D eigenvalue weighted by Gasteiger charge is -2.24. The number of anilines is 1. The Hall–Kier alpha value is -2.33. The quantitative estimate of drug-likeness (QED) is 0.216. The molecule has 0 aliphatic carbocycles. The number of rotatable bonds is 12. The molecule has 0 fully saturated rings. The molecule has 0 heterocycles. The molecule has 4 N–H and O–H groups in total. The molecule has 1 rings (SSSR count). The van der Waals surface area contributed by atoms with Gasteiger partial charge in [0.1, 0.15) is 12.1 Å². The van der Waals surface area contributed by atoms with Crippen LogP contribution in [0.25, 0.3) is 0 Å². The van der Waals surface area contributed by atoms with E-state index in [2.05, 4.69) is 15.2 Å². The molecule has 168 valence electrons. The van der Waals surface area contributed by atoms with Gasteiger partial charge in [0, 0.05) is 17.8 Å². The minimum Gasteiger partial charge on any atom is -0.342 e. The largest absolute Gasteiger partial charge is 0.470 e. The lowest BCUT2D eigenvalue weighted by atomic mass is 10.0. The Morgan fingerprint density at radius 3 is 2.27 bits per heavy atom. The molecular weight excluding hydrogens is 417 g/mol. The highest BCUT2D eigenvalue weighted by Crippen LogP contribution is 2.38. The number of hydrogen-bond donors (Lipinski definition) is 4. The van der Waals surface area contributed by atoms with Crippen LogP contribution in [0.15, 0.2) is 24.3 Å². The molecule has 12 heteroatoms. The molecule has 0 saturated carbocycles. The number of nitro benzene ring substituents is 1. The molecule has 1 aromatic rings. The topological polar surface area (TPSA) is 168 Å². The smallest absolute Gasteiger partial charge is 0.342 e. The normalized spacial score (nSPS) is 13.5. The van der Waals surface area contributed by atoms with Crippen molar-refractivity contribution in [3.05, 3.63) is 34.4 Å². The summed E-state index contributed by atoms with van der Waals surface area (Å²) in [6.45, 7) is 5.55. The second-order valence-corrected chi connectivity index (χ2v) is 8.40. The summed E-state index contributed by atoms with van der Waals surface area (Å²) in [5, 5.41) is 15.8. The van der Waals surface area contributed by atoms with Crippen molar-refractivity contribution in [1.82, 2.24) is 5.32 Å². The fourth-order valence-corrected chi connectivity index (χ4v) is 3.18. The van der Waals surface area contributed by atoms with E-state index in [1.807, 2.05) is 20.8 Å². The van der Waals surface area contributed by atoms with E-state index in [1.165, 1.54) is 24.3 Å². The molecule has 2 atom stereocenters. The SMILES string of the molecule is CCCC[C@H](OP(=O)(O)O)C(=O)N[C@@H](CC(C)C)C(=O)Nc1ccc([N+](=O)[O-])cc1. The van der Waals surface area contributed by atoms with Crippen LogP contribution in [-0.2, 0) is 18.7 Å². The van der Waals surface area contributed by atoms with Crippen LogP contribution in [0.1, 0.15) is 46.5 Å². The predicted octanol–water partition coefficient (Wildman–Crippen LogP) is 2.73. The first-order chi connectivity index (χ1) is 13.9. The number of hydrogen-bond acceptors (Lipinski definition) is 6. The summed E-state index contributed by atoms with van der Waals surface area (Å²) in [7, 11) is -4.89. The summed E-state index contributed by atoms with van der Waals surface area (Å²) in [5.74, 6) is -1.33. The number of nitrogens with one attached hydrogen (secondary N) is 2. The van der Waals surface area contributed by atoms with Crippen LogP contribution in [-0.4, -0.2) is 38.7 Å². The van der Waals surface area contributed by atoms with Gasteiger partial charge in [-0.25, -0.2) is 4.57 Å². The number of nitrogens with zero attached hydrogens (tertiary/aromatic N) is 1. The molecular formula is C18H28N3O8P. The third kappa shape index (κ3) is 9.45. The maximum absolute atomic E-state index is 12.7. The van der Waals surface area contributed by atoms with Gasteiger partial charge >= 0.3 is 7.82 Å². The zero-order valence-electron chi connectivity index (χ0n) is 17.1. The monoisotopic (exact) mass is 445 g/mol. The molecule has 0 saturated heterocycles. The Bertz CT molecular complexity index is 778. The van der Waals surface area contributed by atoms with Crippen molar-refractivity contribution >= 4 is 31.0 Å². The highest BCUT2D eigenvalue weighted by atomic mass is 31.2. The van der Waals surface area contributed by atoms with Gasteiger partial charge in [0.25, 0.3) is 5.69 Å². The molecule has 11 nitrogen and oxygen atoms in total. The van der Waals surface area contributed by atoms with Crippen molar-refractivity contribution in [3.63, 3.8) is 0 Å². The van der Waals surface area contributed by atoms with Gasteiger partial charge < -0.3 is 20.4 Å². The molecule has 0 unspecified atom stereocenters. The third-order valence-electron chi connectivity index (χ3n) is 4.06. The van der Waals surface area contributed by atoms with Crippen molar-refractivity contribution < 1.29 is 33.4 Å². The van der Waals surface area contributed by atoms with Gasteiger partial charge in [-0.05, 0) is 30.9 Å². The maximum atomic E-state index is 12.7. The molecule has 0 radical (unpaired) electrons. The van der Waals surface area contributed by atoms with Crippen molar-refractivity contribution in [3.8, 4) is 0 Å². The van der Waals surface area contributed by atoms with Gasteiger partial charge in [0.2, 0.25) is 11.8 Å². The fraction of sp³-hybridized carbons (Fsp3) is 0.556. The second-order valence-electron chi connectivity index (χ2n) is 7.21. The van der Waals surface area contributed by atoms with Gasteiger partial charge in [-0.3, -0.25) is 24.2 Å². The van der Waals surface area contributed by atoms with E-state index < -0.39 is 36.7 Å². The van der Waals surface area contributed by atoms with E-state index in [0.29, 0.717) is 18.5 Å². The number of carbonyl (C=O) groups is 2. The number of non-ortho nitro benzene ring substituents is 1. The number of nitro groups is 1. The van der Waals surface area contributed by atoms with Crippen molar-refractivity contribution in [1.29, 1.82) is 0 Å². The van der Waals surface area contributed by atoms with Gasteiger partial charge in [-0.1, -0.05) is 33.6 Å². The zero-order valence-corrected chi connectivity index (χ0v) is 18.0. The molecule has 0 spiro atoms. The van der Waals surface area contributed by atoms with Crippen molar-refractivity contribution in [2.24, 2.45) is 5.92 Å². The summed E-state index contributed by atoms with van der Waals surface area (Å²) in [5.41, 5.74) is 0.177. The number of unbranched alkanes of at least 4 members (excludes halogenated alkanes) is 1. The number of phosphoric acid groups is 1. The Balaban J connectivity index is 2.92. The van der Waals surface area contributed by atoms with Crippen LogP contribution in [0.5, 0.6) is 0 Å². The van der Waals surface area contributed by atoms with E-state index in [0.717, 1.165) is 0 Å². The Labute approximate surface area is 174 Å². The summed E-state index contributed by atoms with van der Waals surface area (Å²) >= 11 is 0. The number of phosphoric ester groups is 1. The first kappa shape index (κ1) is 25.7. The number of amides is 2. The summed E-state index contributed by atoms with van der Waals surface area (Å²) in [6, 6.07) is 4.22. The minimum absolute atomic E-state index is 0.0229. The molecule has 0 aliphatic rings. The van der Waals surface area contributed by atoms with Crippen molar-refractivity contribution in [2.45, 2.75) is 58.6 Å². The van der Waals surface area contributed by atoms with Crippen LogP contribution in [0.2, 0.25) is 0 Å². The van der Waals surface area contributed by atoms with E-state index in [1.54, 1.807) is 0 Å². The maximum Gasteiger partial charge on any atom is 0.470 e. The fourth-order valence-electron chi connectivity index (χ4n) is 2.65. The van der Waals surface area contributed by atoms with Gasteiger partial charge in [0.15, 0.2) is 0 Å². The molecule has 30 heavy (non-hydrogen) atoms. The highest BCUT2D eigenvalue weighted by Gasteiger charge is 2.31. The molecule has 0 bridgehead atoms. The predicted molar refractivity (Wildman–Crippen MR) is 110 cm³/mol. The Kier molecular flexibility index (Phi) is 10.1. The minimum atomic E-state index is -4.89. The summed E-state index contributed by atoms with van der Waals surface area (Å²) in [6.07, 6.45) is 0.145. The molecule has 0 aromatic heterocycles. The van der Waals surface area contributed by atoms with Crippen LogP contribution >= 0.6 is 7.82 Å². The van der Waals surface area contributed by atoms with Crippen LogP contribution in [0, 0.1) is 16.0 Å². The van der Waals surface area contributed by atoms with E-state index in [-0.39, 0.29) is 24.4 Å². The van der Waals surface area contributed by atoms with E-state index in [9.17, 15) is 24.3 Å². The van der Waals surface area contributed by atoms with E-state index >= 15 is 0 Å². The standard InChI is InChI=1S/C18H28N3O8P/c1-4-5-6-16(29-30(26,27)28)18(23)20-15(11-12(2)3)17(22)19-13-7-9-14(10-8-13)21(24)25/h7-10,12,15-16H,4-6,11H2,1-3H3,(H,19,22)(H,20,23)(H2,26,27,28)/t15-,16-/m0/s1. The number of benzene rings is 1. The third-order valence-corrected chi connectivity index (χ3v) is 4.59. The van der Waals surface area contributed by atoms with Gasteiger partial charge in [-0.15, -0.1) is 0 Å². The lowest BCUT2D eigenvalue weighted by molar-refractivity contribution is -0.384. The van der Waals surface area contributed by atoms with Crippen molar-refractivity contribution in [2.75, 3.05) is 5.32 Å². The highest BCUT2D eigenvalue weighted by molar-refractivity contribution is 7.46. The molecule has 2 amide bonds. The van der Waals surface area contributed by atoms with E-state index in [4.69, 9.17) is 9.79 Å². The number of carbonyl (C=O) groups excluding carboxylic acids is 2. The van der Waals surface area contributed by atoms with Gasteiger partial charge in [-0.2, -0.15) is 0 Å². The first-order valence-electron chi connectivity index (χ1n) is 9.52. The van der Waals surface area contributed by atoms with Crippen LogP contribution < -0.4 is 10.6 Å². The van der Waals surface area contributed by atoms with Crippen LogP contribution in [0.4, 0.5) is 11.4 Å². The average Bonchev–Trinajstić information content (AvgIpc) is 2.63. The summed E-state index contributed by atoms with van der Waals surface area (Å²) < 4.78 is 15.8. The molecule has 1 aromatic carbocycles. The summed E-state index contributed by atoms with van der Waals surface area (Å²) in [4.78, 5) is 53.5. The Morgan fingerprint density at radius 2 is 1.80 bits per heavy atom. The van der Waals surface area contributed by atoms with Gasteiger partial charge in [0.05, 0.1) is 4.92 Å². The van der Waals surface area contributed by atoms with Crippen LogP contribution in [0.3, 0.4) is 0 Å². The molecule has 0 aliphatic heterocycles. The second kappa shape index (κ2) is 11.8.